The van der Waals surface area contributed by atoms with Crippen molar-refractivity contribution >= 4 is 27.3 Å². The molecule has 2 aromatic rings. The molecule has 0 radical (unpaired) electrons. The van der Waals surface area contributed by atoms with Crippen LogP contribution in [-0.4, -0.2) is 44.7 Å². The Hall–Kier alpha value is -1.56. The van der Waals surface area contributed by atoms with Crippen LogP contribution in [0.15, 0.2) is 48.5 Å². The van der Waals surface area contributed by atoms with E-state index in [0.717, 1.165) is 21.8 Å². The molecule has 3 rings (SSSR count). The summed E-state index contributed by atoms with van der Waals surface area (Å²) < 4.78 is 26.8. The van der Waals surface area contributed by atoms with Crippen LogP contribution in [0.3, 0.4) is 0 Å². The zero-order valence-electron chi connectivity index (χ0n) is 14.4. The standard InChI is InChI=1S/C19H23ClN2O2S/c1-16-7-8-18(15-19(16)20)21-10-12-22(13-11-21)25(23,24)14-9-17-5-3-2-4-6-17/h2-8,15H,9-14H2,1H3. The van der Waals surface area contributed by atoms with E-state index in [4.69, 9.17) is 11.6 Å². The number of sulfonamides is 1. The first-order chi connectivity index (χ1) is 12.0. The maximum atomic E-state index is 12.6. The van der Waals surface area contributed by atoms with Crippen molar-refractivity contribution in [1.29, 1.82) is 0 Å². The lowest BCUT2D eigenvalue weighted by molar-refractivity contribution is 0.385. The number of halogens is 1. The molecule has 4 nitrogen and oxygen atoms in total. The second-order valence-electron chi connectivity index (χ2n) is 6.37. The Balaban J connectivity index is 1.58. The number of nitrogens with zero attached hydrogens (tertiary/aromatic N) is 2. The maximum Gasteiger partial charge on any atom is 0.214 e. The highest BCUT2D eigenvalue weighted by Crippen LogP contribution is 2.24. The van der Waals surface area contributed by atoms with Crippen molar-refractivity contribution in [3.8, 4) is 0 Å². The average Bonchev–Trinajstić information content (AvgIpc) is 2.63. The second kappa shape index (κ2) is 7.77. The molecule has 0 amide bonds. The van der Waals surface area contributed by atoms with Crippen molar-refractivity contribution in [2.24, 2.45) is 0 Å². The van der Waals surface area contributed by atoms with Gasteiger partial charge in [-0.1, -0.05) is 48.0 Å². The van der Waals surface area contributed by atoms with Gasteiger partial charge in [-0.05, 0) is 36.6 Å². The zero-order chi connectivity index (χ0) is 17.9. The summed E-state index contributed by atoms with van der Waals surface area (Å²) in [5.74, 6) is 0.160. The molecule has 0 aliphatic carbocycles. The highest BCUT2D eigenvalue weighted by atomic mass is 35.5. The van der Waals surface area contributed by atoms with E-state index in [1.54, 1.807) is 4.31 Å². The SMILES string of the molecule is Cc1ccc(N2CCN(S(=O)(=O)CCc3ccccc3)CC2)cc1Cl. The smallest absolute Gasteiger partial charge is 0.214 e. The van der Waals surface area contributed by atoms with Gasteiger partial charge < -0.3 is 4.90 Å². The Morgan fingerprint density at radius 2 is 1.68 bits per heavy atom. The molecule has 0 atom stereocenters. The lowest BCUT2D eigenvalue weighted by Crippen LogP contribution is -2.49. The highest BCUT2D eigenvalue weighted by molar-refractivity contribution is 7.89. The topological polar surface area (TPSA) is 40.6 Å². The Bertz CT molecular complexity index is 817. The van der Waals surface area contributed by atoms with Gasteiger partial charge in [0.05, 0.1) is 5.75 Å². The number of hydrogen-bond donors (Lipinski definition) is 0. The molecule has 0 saturated carbocycles. The second-order valence-corrected chi connectivity index (χ2v) is 8.87. The van der Waals surface area contributed by atoms with Gasteiger partial charge >= 0.3 is 0 Å². The number of rotatable bonds is 5. The third-order valence-corrected chi connectivity index (χ3v) is 6.92. The molecule has 25 heavy (non-hydrogen) atoms. The minimum atomic E-state index is -3.22. The van der Waals surface area contributed by atoms with E-state index >= 15 is 0 Å². The van der Waals surface area contributed by atoms with E-state index in [2.05, 4.69) is 4.90 Å². The Labute approximate surface area is 155 Å². The fourth-order valence-corrected chi connectivity index (χ4v) is 4.67. The largest absolute Gasteiger partial charge is 0.369 e. The van der Waals surface area contributed by atoms with Crippen LogP contribution in [0.25, 0.3) is 0 Å². The van der Waals surface area contributed by atoms with Crippen LogP contribution in [0.5, 0.6) is 0 Å². The molecule has 1 aliphatic rings. The molecular weight excluding hydrogens is 356 g/mol. The van der Waals surface area contributed by atoms with Crippen molar-refractivity contribution < 1.29 is 8.42 Å². The molecule has 134 valence electrons. The van der Waals surface area contributed by atoms with Crippen molar-refractivity contribution in [2.45, 2.75) is 13.3 Å². The summed E-state index contributed by atoms with van der Waals surface area (Å²) in [7, 11) is -3.22. The van der Waals surface area contributed by atoms with Gasteiger partial charge in [0.25, 0.3) is 0 Å². The normalized spacial score (nSPS) is 16.2. The van der Waals surface area contributed by atoms with Gasteiger partial charge in [0.1, 0.15) is 0 Å². The highest BCUT2D eigenvalue weighted by Gasteiger charge is 2.26. The average molecular weight is 379 g/mol. The van der Waals surface area contributed by atoms with Gasteiger partial charge in [-0.3, -0.25) is 0 Å². The summed E-state index contributed by atoms with van der Waals surface area (Å²) in [6.45, 7) is 4.38. The van der Waals surface area contributed by atoms with Crippen molar-refractivity contribution in [1.82, 2.24) is 4.31 Å². The van der Waals surface area contributed by atoms with E-state index in [-0.39, 0.29) is 5.75 Å². The fourth-order valence-electron chi connectivity index (χ4n) is 3.02. The molecule has 1 heterocycles. The van der Waals surface area contributed by atoms with Gasteiger partial charge in [0.2, 0.25) is 10.0 Å². The number of aryl methyl sites for hydroxylation is 2. The maximum absolute atomic E-state index is 12.6. The van der Waals surface area contributed by atoms with E-state index in [1.165, 1.54) is 0 Å². The van der Waals surface area contributed by atoms with Crippen LogP contribution in [0.1, 0.15) is 11.1 Å². The van der Waals surface area contributed by atoms with Gasteiger partial charge in [0.15, 0.2) is 0 Å². The molecule has 0 bridgehead atoms. The van der Waals surface area contributed by atoms with Gasteiger partial charge in [-0.15, -0.1) is 0 Å². The van der Waals surface area contributed by atoms with Crippen molar-refractivity contribution in [2.75, 3.05) is 36.8 Å². The first-order valence-electron chi connectivity index (χ1n) is 8.48. The van der Waals surface area contributed by atoms with Gasteiger partial charge in [-0.25, -0.2) is 8.42 Å². The van der Waals surface area contributed by atoms with Crippen LogP contribution < -0.4 is 4.90 Å². The van der Waals surface area contributed by atoms with E-state index in [9.17, 15) is 8.42 Å². The third kappa shape index (κ3) is 4.54. The molecule has 0 N–H and O–H groups in total. The van der Waals surface area contributed by atoms with Crippen LogP contribution in [0, 0.1) is 6.92 Å². The van der Waals surface area contributed by atoms with Crippen LogP contribution >= 0.6 is 11.6 Å². The molecule has 0 spiro atoms. The molecule has 0 aromatic heterocycles. The van der Waals surface area contributed by atoms with E-state index in [1.807, 2.05) is 55.5 Å². The number of benzene rings is 2. The summed E-state index contributed by atoms with van der Waals surface area (Å²) in [6, 6.07) is 15.7. The first kappa shape index (κ1) is 18.2. The molecule has 2 aromatic carbocycles. The number of hydrogen-bond acceptors (Lipinski definition) is 3. The first-order valence-corrected chi connectivity index (χ1v) is 10.5. The fraction of sp³-hybridized carbons (Fsp3) is 0.368. The molecular formula is C19H23ClN2O2S. The number of piperazine rings is 1. The molecule has 6 heteroatoms. The molecule has 1 saturated heterocycles. The van der Waals surface area contributed by atoms with Crippen molar-refractivity contribution in [3.63, 3.8) is 0 Å². The van der Waals surface area contributed by atoms with Crippen LogP contribution in [0.2, 0.25) is 5.02 Å². The Morgan fingerprint density at radius 1 is 1.00 bits per heavy atom. The quantitative estimate of drug-likeness (QED) is 0.801. The predicted octanol–water partition coefficient (Wildman–Crippen LogP) is 3.34. The third-order valence-electron chi connectivity index (χ3n) is 4.64. The molecule has 1 fully saturated rings. The summed E-state index contributed by atoms with van der Waals surface area (Å²) in [4.78, 5) is 2.19. The Kier molecular flexibility index (Phi) is 5.67. The van der Waals surface area contributed by atoms with Crippen molar-refractivity contribution in [3.05, 3.63) is 64.7 Å². The summed E-state index contributed by atoms with van der Waals surface area (Å²) >= 11 is 6.20. The lowest BCUT2D eigenvalue weighted by atomic mass is 10.2. The van der Waals surface area contributed by atoms with Crippen LogP contribution in [0.4, 0.5) is 5.69 Å². The molecule has 1 aliphatic heterocycles. The zero-order valence-corrected chi connectivity index (χ0v) is 15.9. The summed E-state index contributed by atoms with van der Waals surface area (Å²) in [5.41, 5.74) is 3.16. The Morgan fingerprint density at radius 3 is 2.32 bits per heavy atom. The van der Waals surface area contributed by atoms with Gasteiger partial charge in [0, 0.05) is 36.9 Å². The minimum Gasteiger partial charge on any atom is -0.369 e. The van der Waals surface area contributed by atoms with E-state index < -0.39 is 10.0 Å². The van der Waals surface area contributed by atoms with E-state index in [0.29, 0.717) is 32.6 Å². The predicted molar refractivity (Wildman–Crippen MR) is 104 cm³/mol. The summed E-state index contributed by atoms with van der Waals surface area (Å²) in [6.07, 6.45) is 0.553. The molecule has 0 unspecified atom stereocenters. The summed E-state index contributed by atoms with van der Waals surface area (Å²) in [5, 5.41) is 0.746. The lowest BCUT2D eigenvalue weighted by Gasteiger charge is -2.35. The monoisotopic (exact) mass is 378 g/mol. The van der Waals surface area contributed by atoms with Crippen LogP contribution in [-0.2, 0) is 16.4 Å². The number of anilines is 1. The minimum absolute atomic E-state index is 0.160. The van der Waals surface area contributed by atoms with Gasteiger partial charge in [-0.2, -0.15) is 4.31 Å².